The van der Waals surface area contributed by atoms with Gasteiger partial charge in [-0.2, -0.15) is 0 Å². The molecular weight excluding hydrogens is 408 g/mol. The van der Waals surface area contributed by atoms with E-state index in [1.54, 1.807) is 37.3 Å². The predicted molar refractivity (Wildman–Crippen MR) is 127 cm³/mol. The molecule has 0 aliphatic heterocycles. The summed E-state index contributed by atoms with van der Waals surface area (Å²) in [7, 11) is 0. The first kappa shape index (κ1) is 23.0. The van der Waals surface area contributed by atoms with E-state index in [2.05, 4.69) is 11.2 Å². The van der Waals surface area contributed by atoms with Crippen molar-refractivity contribution in [2.24, 2.45) is 0 Å². The number of terminal acetylenes is 1. The number of allylic oxidation sites excluding steroid dienone is 4. The molecule has 1 N–H and O–H groups in total. The molecule has 3 rings (SSSR count). The van der Waals surface area contributed by atoms with Crippen LogP contribution in [-0.2, 0) is 0 Å². The van der Waals surface area contributed by atoms with Gasteiger partial charge < -0.3 is 9.73 Å². The highest BCUT2D eigenvalue weighted by Crippen LogP contribution is 2.31. The summed E-state index contributed by atoms with van der Waals surface area (Å²) in [6, 6.07) is 9.56. The minimum atomic E-state index is -2.55. The molecule has 0 bridgehead atoms. The molecule has 164 valence electrons. The van der Waals surface area contributed by atoms with Gasteiger partial charge in [0.25, 0.3) is 6.43 Å². The lowest BCUT2D eigenvalue weighted by molar-refractivity contribution is 0.151. The number of nitrogens with one attached hydrogen (secondary N) is 1. The highest BCUT2D eigenvalue weighted by Gasteiger charge is 2.19. The molecule has 0 radical (unpaired) electrons. The molecule has 1 heterocycles. The highest BCUT2D eigenvalue weighted by molar-refractivity contribution is 5.85. The third-order valence-electron chi connectivity index (χ3n) is 5.31. The number of benzene rings is 2. The maximum Gasteiger partial charge on any atom is 0.263 e. The van der Waals surface area contributed by atoms with Crippen LogP contribution in [0, 0.1) is 26.2 Å². The fraction of sp³-hybridized carbons (Fsp3) is 0.222. The molecule has 0 aliphatic rings. The number of alkyl halides is 2. The van der Waals surface area contributed by atoms with Crippen molar-refractivity contribution < 1.29 is 13.2 Å². The molecule has 0 amide bonds. The van der Waals surface area contributed by atoms with E-state index < -0.39 is 6.43 Å². The van der Waals surface area contributed by atoms with Gasteiger partial charge in [-0.1, -0.05) is 30.2 Å². The Bertz CT molecular complexity index is 1310. The van der Waals surface area contributed by atoms with Crippen molar-refractivity contribution in [2.75, 3.05) is 5.32 Å². The maximum absolute atomic E-state index is 13.2. The molecule has 0 fully saturated rings. The monoisotopic (exact) mass is 433 g/mol. The van der Waals surface area contributed by atoms with Gasteiger partial charge in [0.05, 0.1) is 11.4 Å². The number of hydrogen-bond donors (Lipinski definition) is 1. The zero-order valence-corrected chi connectivity index (χ0v) is 18.5. The lowest BCUT2D eigenvalue weighted by Gasteiger charge is -2.19. The van der Waals surface area contributed by atoms with Crippen molar-refractivity contribution in [3.63, 3.8) is 0 Å². The molecule has 2 aromatic carbocycles. The minimum Gasteiger partial charge on any atom is -0.455 e. The quantitative estimate of drug-likeness (QED) is 0.333. The average Bonchev–Trinajstić information content (AvgIpc) is 2.77. The van der Waals surface area contributed by atoms with Crippen LogP contribution in [0.3, 0.4) is 0 Å². The maximum atomic E-state index is 13.2. The molecule has 0 saturated carbocycles. The van der Waals surface area contributed by atoms with Crippen LogP contribution in [0.4, 0.5) is 14.5 Å². The molecule has 3 nitrogen and oxygen atoms in total. The molecule has 0 aliphatic carbocycles. The van der Waals surface area contributed by atoms with E-state index in [0.717, 1.165) is 11.1 Å². The Morgan fingerprint density at radius 3 is 2.62 bits per heavy atom. The first-order valence-corrected chi connectivity index (χ1v) is 10.3. The Morgan fingerprint density at radius 1 is 1.22 bits per heavy atom. The average molecular weight is 433 g/mol. The number of hydrogen-bond acceptors (Lipinski definition) is 3. The number of rotatable bonds is 6. The second kappa shape index (κ2) is 9.65. The van der Waals surface area contributed by atoms with E-state index in [0.29, 0.717) is 33.6 Å². The van der Waals surface area contributed by atoms with E-state index in [1.165, 1.54) is 12.1 Å². The second-order valence-electron chi connectivity index (χ2n) is 7.65. The number of halogens is 2. The summed E-state index contributed by atoms with van der Waals surface area (Å²) in [6.45, 7) is 7.38. The minimum absolute atomic E-state index is 0.0567. The molecule has 1 aromatic heterocycles. The van der Waals surface area contributed by atoms with Gasteiger partial charge in [-0.05, 0) is 63.6 Å². The Balaban J connectivity index is 2.16. The van der Waals surface area contributed by atoms with E-state index in [-0.39, 0.29) is 17.0 Å². The standard InChI is InChI=1S/C27H25F2NO2/c1-6-8-10-19(7-2)25-17(4)24(31)23-14-16(3)13-22(26(23)32-25)18(5)30-21-12-9-11-20(15-21)27(28)29/h1,7-15,18,27,30H,2-5H3/b10-8-,19-7+/t18-/m1/s1. The Hall–Kier alpha value is -3.65. The van der Waals surface area contributed by atoms with Gasteiger partial charge in [-0.3, -0.25) is 4.79 Å². The lowest BCUT2D eigenvalue weighted by Crippen LogP contribution is -2.13. The largest absolute Gasteiger partial charge is 0.455 e. The van der Waals surface area contributed by atoms with Gasteiger partial charge in [0.1, 0.15) is 11.3 Å². The highest BCUT2D eigenvalue weighted by atomic mass is 19.3. The van der Waals surface area contributed by atoms with Gasteiger partial charge in [0.2, 0.25) is 0 Å². The fourth-order valence-electron chi connectivity index (χ4n) is 3.70. The van der Waals surface area contributed by atoms with E-state index >= 15 is 0 Å². The number of fused-ring (bicyclic) bond motifs is 1. The topological polar surface area (TPSA) is 42.2 Å². The number of aryl methyl sites for hydroxylation is 1. The van der Waals surface area contributed by atoms with E-state index in [1.807, 2.05) is 32.9 Å². The molecule has 5 heteroatoms. The van der Waals surface area contributed by atoms with Gasteiger partial charge in [0, 0.05) is 28.0 Å². The molecular formula is C27H25F2NO2. The van der Waals surface area contributed by atoms with Crippen LogP contribution >= 0.6 is 0 Å². The van der Waals surface area contributed by atoms with Crippen LogP contribution in [0.2, 0.25) is 0 Å². The predicted octanol–water partition coefficient (Wildman–Crippen LogP) is 7.11. The van der Waals surface area contributed by atoms with Crippen molar-refractivity contribution >= 4 is 22.2 Å². The molecule has 0 spiro atoms. The smallest absolute Gasteiger partial charge is 0.263 e. The summed E-state index contributed by atoms with van der Waals surface area (Å²) in [5, 5.41) is 3.73. The van der Waals surface area contributed by atoms with Crippen molar-refractivity contribution in [1.82, 2.24) is 0 Å². The van der Waals surface area contributed by atoms with E-state index in [4.69, 9.17) is 10.8 Å². The second-order valence-corrected chi connectivity index (χ2v) is 7.65. The third-order valence-corrected chi connectivity index (χ3v) is 5.31. The van der Waals surface area contributed by atoms with Gasteiger partial charge in [-0.25, -0.2) is 8.78 Å². The zero-order valence-electron chi connectivity index (χ0n) is 18.5. The molecule has 1 atom stereocenters. The summed E-state index contributed by atoms with van der Waals surface area (Å²) < 4.78 is 32.5. The summed E-state index contributed by atoms with van der Waals surface area (Å²) in [4.78, 5) is 13.2. The third kappa shape index (κ3) is 4.65. The van der Waals surface area contributed by atoms with Gasteiger partial charge in [-0.15, -0.1) is 6.42 Å². The fourth-order valence-corrected chi connectivity index (χ4v) is 3.70. The molecule has 0 unspecified atom stereocenters. The van der Waals surface area contributed by atoms with Crippen molar-refractivity contribution in [3.05, 3.63) is 92.9 Å². The van der Waals surface area contributed by atoms with Crippen molar-refractivity contribution in [1.29, 1.82) is 0 Å². The summed E-state index contributed by atoms with van der Waals surface area (Å²) in [5.74, 6) is 2.90. The van der Waals surface area contributed by atoms with Gasteiger partial charge >= 0.3 is 0 Å². The zero-order chi connectivity index (χ0) is 23.4. The van der Waals surface area contributed by atoms with Crippen molar-refractivity contribution in [3.8, 4) is 12.3 Å². The van der Waals surface area contributed by atoms with Crippen LogP contribution in [0.25, 0.3) is 16.5 Å². The van der Waals surface area contributed by atoms with Crippen LogP contribution < -0.4 is 10.7 Å². The molecule has 3 aromatic rings. The van der Waals surface area contributed by atoms with Crippen molar-refractivity contribution in [2.45, 2.75) is 40.2 Å². The number of anilines is 1. The van der Waals surface area contributed by atoms with Crippen LogP contribution in [0.1, 0.15) is 54.3 Å². The van der Waals surface area contributed by atoms with Crippen LogP contribution in [0.15, 0.2) is 63.8 Å². The Kier molecular flexibility index (Phi) is 6.95. The first-order valence-electron chi connectivity index (χ1n) is 10.3. The molecule has 32 heavy (non-hydrogen) atoms. The van der Waals surface area contributed by atoms with E-state index in [9.17, 15) is 13.6 Å². The normalized spacial score (nSPS) is 13.0. The first-order chi connectivity index (χ1) is 15.3. The SMILES string of the molecule is C#C/C=C\C(=C/C)c1oc2c([C@@H](C)Nc3cccc(C(F)F)c3)cc(C)cc2c(=O)c1C. The Morgan fingerprint density at radius 2 is 1.97 bits per heavy atom. The summed E-state index contributed by atoms with van der Waals surface area (Å²) >= 11 is 0. The summed E-state index contributed by atoms with van der Waals surface area (Å²) in [5.41, 5.74) is 3.71. The summed E-state index contributed by atoms with van der Waals surface area (Å²) in [6.07, 6.45) is 7.89. The Labute approximate surface area is 186 Å². The van der Waals surface area contributed by atoms with Gasteiger partial charge in [0.15, 0.2) is 5.43 Å². The van der Waals surface area contributed by atoms with Crippen LogP contribution in [0.5, 0.6) is 0 Å². The lowest BCUT2D eigenvalue weighted by atomic mass is 9.98. The van der Waals surface area contributed by atoms with Crippen LogP contribution in [-0.4, -0.2) is 0 Å². The molecule has 0 saturated heterocycles.